The molecule has 1 unspecified atom stereocenters. The van der Waals surface area contributed by atoms with Gasteiger partial charge in [-0.3, -0.25) is 0 Å². The standard InChI is InChI=1S/C17H21NO/c1-17(8-3-9-18-12-17)15-6-4-14-11-16(19-2)7-5-13(14)10-15/h4-7,10-11,18H,3,8-9,12H2,1-2H3. The van der Waals surface area contributed by atoms with Crippen molar-refractivity contribution in [2.45, 2.75) is 25.2 Å². The number of ether oxygens (including phenoxy) is 1. The highest BCUT2D eigenvalue weighted by molar-refractivity contribution is 5.84. The van der Waals surface area contributed by atoms with Crippen LogP contribution in [0.1, 0.15) is 25.3 Å². The Balaban J connectivity index is 2.01. The topological polar surface area (TPSA) is 21.3 Å². The predicted molar refractivity (Wildman–Crippen MR) is 80.0 cm³/mol. The first-order valence-electron chi connectivity index (χ1n) is 7.00. The van der Waals surface area contributed by atoms with Crippen LogP contribution in [0.3, 0.4) is 0 Å². The summed E-state index contributed by atoms with van der Waals surface area (Å²) in [6.07, 6.45) is 2.53. The van der Waals surface area contributed by atoms with Gasteiger partial charge in [0, 0.05) is 12.0 Å². The summed E-state index contributed by atoms with van der Waals surface area (Å²) >= 11 is 0. The fourth-order valence-corrected chi connectivity index (χ4v) is 3.03. The molecule has 1 aliphatic rings. The summed E-state index contributed by atoms with van der Waals surface area (Å²) in [5.41, 5.74) is 1.71. The first-order chi connectivity index (χ1) is 9.21. The fourth-order valence-electron chi connectivity index (χ4n) is 3.03. The second-order valence-corrected chi connectivity index (χ2v) is 5.77. The van der Waals surface area contributed by atoms with Gasteiger partial charge in [0.05, 0.1) is 7.11 Å². The number of hydrogen-bond acceptors (Lipinski definition) is 2. The Morgan fingerprint density at radius 2 is 1.89 bits per heavy atom. The summed E-state index contributed by atoms with van der Waals surface area (Å²) in [6, 6.07) is 13.1. The minimum Gasteiger partial charge on any atom is -0.497 e. The molecule has 2 nitrogen and oxygen atoms in total. The van der Waals surface area contributed by atoms with Gasteiger partial charge in [-0.25, -0.2) is 0 Å². The zero-order valence-electron chi connectivity index (χ0n) is 11.7. The summed E-state index contributed by atoms with van der Waals surface area (Å²) in [7, 11) is 1.71. The van der Waals surface area contributed by atoms with Gasteiger partial charge in [-0.1, -0.05) is 31.2 Å². The van der Waals surface area contributed by atoms with Gasteiger partial charge >= 0.3 is 0 Å². The zero-order chi connectivity index (χ0) is 13.3. The van der Waals surface area contributed by atoms with E-state index in [1.165, 1.54) is 29.2 Å². The fraction of sp³-hybridized carbons (Fsp3) is 0.412. The molecule has 19 heavy (non-hydrogen) atoms. The lowest BCUT2D eigenvalue weighted by atomic mass is 9.76. The van der Waals surface area contributed by atoms with E-state index in [-0.39, 0.29) is 5.41 Å². The number of hydrogen-bond donors (Lipinski definition) is 1. The van der Waals surface area contributed by atoms with Crippen LogP contribution in [0.4, 0.5) is 0 Å². The number of benzene rings is 2. The lowest BCUT2D eigenvalue weighted by Crippen LogP contribution is -2.41. The first kappa shape index (κ1) is 12.5. The maximum atomic E-state index is 5.28. The summed E-state index contributed by atoms with van der Waals surface area (Å²) in [5.74, 6) is 0.922. The molecule has 0 saturated carbocycles. The number of rotatable bonds is 2. The van der Waals surface area contributed by atoms with Crippen molar-refractivity contribution in [3.05, 3.63) is 42.0 Å². The molecule has 1 atom stereocenters. The van der Waals surface area contributed by atoms with Crippen molar-refractivity contribution in [3.8, 4) is 5.75 Å². The maximum Gasteiger partial charge on any atom is 0.119 e. The van der Waals surface area contributed by atoms with E-state index in [0.29, 0.717) is 0 Å². The second kappa shape index (κ2) is 4.86. The van der Waals surface area contributed by atoms with Crippen molar-refractivity contribution in [3.63, 3.8) is 0 Å². The Hall–Kier alpha value is -1.54. The van der Waals surface area contributed by atoms with Crippen LogP contribution < -0.4 is 10.1 Å². The maximum absolute atomic E-state index is 5.28. The van der Waals surface area contributed by atoms with E-state index >= 15 is 0 Å². The van der Waals surface area contributed by atoms with Crippen LogP contribution in [-0.4, -0.2) is 20.2 Å². The van der Waals surface area contributed by atoms with E-state index in [0.717, 1.165) is 18.8 Å². The zero-order valence-corrected chi connectivity index (χ0v) is 11.7. The van der Waals surface area contributed by atoms with Crippen molar-refractivity contribution in [1.29, 1.82) is 0 Å². The van der Waals surface area contributed by atoms with Gasteiger partial charge in [-0.15, -0.1) is 0 Å². The third kappa shape index (κ3) is 2.33. The van der Waals surface area contributed by atoms with Gasteiger partial charge in [0.25, 0.3) is 0 Å². The molecule has 0 aromatic heterocycles. The minimum atomic E-state index is 0.270. The van der Waals surface area contributed by atoms with Crippen molar-refractivity contribution in [2.75, 3.05) is 20.2 Å². The summed E-state index contributed by atoms with van der Waals surface area (Å²) < 4.78 is 5.28. The van der Waals surface area contributed by atoms with E-state index in [2.05, 4.69) is 42.6 Å². The molecule has 3 rings (SSSR count). The SMILES string of the molecule is COc1ccc2cc(C3(C)CCCNC3)ccc2c1. The van der Waals surface area contributed by atoms with Crippen molar-refractivity contribution in [2.24, 2.45) is 0 Å². The molecule has 1 saturated heterocycles. The normalized spacial score (nSPS) is 23.5. The Morgan fingerprint density at radius 3 is 2.63 bits per heavy atom. The van der Waals surface area contributed by atoms with Gasteiger partial charge in [0.2, 0.25) is 0 Å². The average molecular weight is 255 g/mol. The van der Waals surface area contributed by atoms with Crippen LogP contribution in [-0.2, 0) is 5.41 Å². The smallest absolute Gasteiger partial charge is 0.119 e. The molecule has 1 N–H and O–H groups in total. The third-order valence-electron chi connectivity index (χ3n) is 4.34. The van der Waals surface area contributed by atoms with Crippen molar-refractivity contribution < 1.29 is 4.74 Å². The molecular formula is C17H21NO. The molecule has 1 fully saturated rings. The van der Waals surface area contributed by atoms with Gasteiger partial charge in [-0.2, -0.15) is 0 Å². The quantitative estimate of drug-likeness (QED) is 0.887. The van der Waals surface area contributed by atoms with E-state index in [9.17, 15) is 0 Å². The predicted octanol–water partition coefficient (Wildman–Crippen LogP) is 3.49. The summed E-state index contributed by atoms with van der Waals surface area (Å²) in [4.78, 5) is 0. The van der Waals surface area contributed by atoms with Crippen LogP contribution in [0.15, 0.2) is 36.4 Å². The highest BCUT2D eigenvalue weighted by atomic mass is 16.5. The Morgan fingerprint density at radius 1 is 1.11 bits per heavy atom. The number of methoxy groups -OCH3 is 1. The third-order valence-corrected chi connectivity index (χ3v) is 4.34. The van der Waals surface area contributed by atoms with Gasteiger partial charge < -0.3 is 10.1 Å². The van der Waals surface area contributed by atoms with E-state index in [1.54, 1.807) is 7.11 Å². The van der Waals surface area contributed by atoms with Crippen LogP contribution in [0.5, 0.6) is 5.75 Å². The summed E-state index contributed by atoms with van der Waals surface area (Å²) in [5, 5.41) is 6.06. The molecule has 0 spiro atoms. The lowest BCUT2D eigenvalue weighted by molar-refractivity contribution is 0.340. The van der Waals surface area contributed by atoms with Crippen LogP contribution in [0, 0.1) is 0 Å². The molecule has 0 bridgehead atoms. The van der Waals surface area contributed by atoms with Crippen molar-refractivity contribution in [1.82, 2.24) is 5.32 Å². The molecule has 0 radical (unpaired) electrons. The Bertz CT molecular complexity index is 585. The first-order valence-corrected chi connectivity index (χ1v) is 7.00. The van der Waals surface area contributed by atoms with Crippen LogP contribution in [0.25, 0.3) is 10.8 Å². The second-order valence-electron chi connectivity index (χ2n) is 5.77. The molecule has 100 valence electrons. The minimum absolute atomic E-state index is 0.270. The molecule has 2 heteroatoms. The van der Waals surface area contributed by atoms with E-state index in [1.807, 2.05) is 6.07 Å². The Kier molecular flexibility index (Phi) is 3.19. The van der Waals surface area contributed by atoms with Crippen LogP contribution >= 0.6 is 0 Å². The number of piperidine rings is 1. The lowest BCUT2D eigenvalue weighted by Gasteiger charge is -2.35. The average Bonchev–Trinajstić information content (AvgIpc) is 2.47. The van der Waals surface area contributed by atoms with E-state index < -0.39 is 0 Å². The van der Waals surface area contributed by atoms with Crippen molar-refractivity contribution >= 4 is 10.8 Å². The van der Waals surface area contributed by atoms with Gasteiger partial charge in [0.1, 0.15) is 5.75 Å². The molecular weight excluding hydrogens is 234 g/mol. The highest BCUT2D eigenvalue weighted by Crippen LogP contribution is 2.33. The molecule has 2 aromatic rings. The van der Waals surface area contributed by atoms with Gasteiger partial charge in [0.15, 0.2) is 0 Å². The highest BCUT2D eigenvalue weighted by Gasteiger charge is 2.28. The summed E-state index contributed by atoms with van der Waals surface area (Å²) in [6.45, 7) is 4.60. The number of nitrogens with one attached hydrogen (secondary N) is 1. The largest absolute Gasteiger partial charge is 0.497 e. The number of fused-ring (bicyclic) bond motifs is 1. The molecule has 1 heterocycles. The van der Waals surface area contributed by atoms with E-state index in [4.69, 9.17) is 4.74 Å². The van der Waals surface area contributed by atoms with Crippen LogP contribution in [0.2, 0.25) is 0 Å². The Labute approximate surface area is 114 Å². The monoisotopic (exact) mass is 255 g/mol. The van der Waals surface area contributed by atoms with Gasteiger partial charge in [-0.05, 0) is 47.9 Å². The molecule has 0 amide bonds. The molecule has 1 aliphatic heterocycles. The molecule has 0 aliphatic carbocycles. The molecule has 2 aromatic carbocycles.